The Balaban J connectivity index is 1.80. The Morgan fingerprint density at radius 3 is 3.06 bits per heavy atom. The van der Waals surface area contributed by atoms with Gasteiger partial charge < -0.3 is 15.3 Å². The van der Waals surface area contributed by atoms with Gasteiger partial charge in [0, 0.05) is 30.9 Å². The molecule has 2 aliphatic heterocycles. The van der Waals surface area contributed by atoms with Gasteiger partial charge in [-0.3, -0.25) is 0 Å². The standard InChI is InChI=1S/C15H22N2O/c1-17-9-7-13-14(17)6-5-11(15(13)18)10-12-4-2-3-8-16-12/h5-6,12,16,18H,2-4,7-10H2,1H3. The number of benzene rings is 1. The van der Waals surface area contributed by atoms with Crippen molar-refractivity contribution in [2.24, 2.45) is 0 Å². The minimum atomic E-state index is 0.543. The lowest BCUT2D eigenvalue weighted by atomic mass is 9.95. The summed E-state index contributed by atoms with van der Waals surface area (Å²) in [5.74, 6) is 0.546. The number of hydrogen-bond donors (Lipinski definition) is 2. The molecular weight excluding hydrogens is 224 g/mol. The molecule has 98 valence electrons. The van der Waals surface area contributed by atoms with Gasteiger partial charge in [0.15, 0.2) is 0 Å². The van der Waals surface area contributed by atoms with Crippen LogP contribution < -0.4 is 10.2 Å². The molecule has 1 aromatic rings. The second-order valence-electron chi connectivity index (χ2n) is 5.59. The minimum absolute atomic E-state index is 0.543. The van der Waals surface area contributed by atoms with Gasteiger partial charge in [0.05, 0.1) is 0 Å². The zero-order valence-electron chi connectivity index (χ0n) is 11.1. The Hall–Kier alpha value is -1.22. The van der Waals surface area contributed by atoms with Crippen molar-refractivity contribution < 1.29 is 5.11 Å². The number of anilines is 1. The second-order valence-corrected chi connectivity index (χ2v) is 5.59. The third-order valence-electron chi connectivity index (χ3n) is 4.33. The van der Waals surface area contributed by atoms with Crippen molar-refractivity contribution in [3.63, 3.8) is 0 Å². The fourth-order valence-electron chi connectivity index (χ4n) is 3.21. The van der Waals surface area contributed by atoms with Gasteiger partial charge in [-0.05, 0) is 43.9 Å². The molecule has 1 saturated heterocycles. The fourth-order valence-corrected chi connectivity index (χ4v) is 3.21. The van der Waals surface area contributed by atoms with Crippen molar-refractivity contribution in [2.75, 3.05) is 25.0 Å². The first kappa shape index (κ1) is 11.8. The van der Waals surface area contributed by atoms with Crippen LogP contribution in [0.1, 0.15) is 30.4 Å². The van der Waals surface area contributed by atoms with Crippen LogP contribution in [-0.2, 0) is 12.8 Å². The minimum Gasteiger partial charge on any atom is -0.507 e. The third kappa shape index (κ3) is 2.07. The second kappa shape index (κ2) is 4.81. The van der Waals surface area contributed by atoms with Gasteiger partial charge in [-0.1, -0.05) is 12.5 Å². The number of likely N-dealkylation sites (N-methyl/N-ethyl adjacent to an activating group) is 1. The molecule has 1 atom stereocenters. The summed E-state index contributed by atoms with van der Waals surface area (Å²) in [6.45, 7) is 2.15. The van der Waals surface area contributed by atoms with E-state index in [2.05, 4.69) is 29.4 Å². The first-order valence-corrected chi connectivity index (χ1v) is 7.04. The van der Waals surface area contributed by atoms with Gasteiger partial charge in [0.2, 0.25) is 0 Å². The number of phenolic OH excluding ortho intramolecular Hbond substituents is 1. The largest absolute Gasteiger partial charge is 0.507 e. The Labute approximate surface area is 109 Å². The molecule has 3 heteroatoms. The van der Waals surface area contributed by atoms with Gasteiger partial charge in [-0.25, -0.2) is 0 Å². The monoisotopic (exact) mass is 246 g/mol. The first-order valence-electron chi connectivity index (χ1n) is 7.04. The average molecular weight is 246 g/mol. The summed E-state index contributed by atoms with van der Waals surface area (Å²) in [6, 6.07) is 4.81. The van der Waals surface area contributed by atoms with E-state index < -0.39 is 0 Å². The number of nitrogens with one attached hydrogen (secondary N) is 1. The van der Waals surface area contributed by atoms with E-state index >= 15 is 0 Å². The maximum Gasteiger partial charge on any atom is 0.124 e. The topological polar surface area (TPSA) is 35.5 Å². The van der Waals surface area contributed by atoms with Crippen LogP contribution in [0.15, 0.2) is 12.1 Å². The van der Waals surface area contributed by atoms with Crippen molar-refractivity contribution in [3.05, 3.63) is 23.3 Å². The zero-order chi connectivity index (χ0) is 12.5. The van der Waals surface area contributed by atoms with Crippen molar-refractivity contribution in [1.29, 1.82) is 0 Å². The molecule has 0 aromatic heterocycles. The Morgan fingerprint density at radius 1 is 1.39 bits per heavy atom. The van der Waals surface area contributed by atoms with E-state index in [0.717, 1.165) is 37.1 Å². The molecule has 3 rings (SSSR count). The highest BCUT2D eigenvalue weighted by Gasteiger charge is 2.22. The number of piperidine rings is 1. The number of fused-ring (bicyclic) bond motifs is 1. The van der Waals surface area contributed by atoms with Crippen LogP contribution in [0, 0.1) is 0 Å². The lowest BCUT2D eigenvalue weighted by Gasteiger charge is -2.24. The number of phenols is 1. The zero-order valence-corrected chi connectivity index (χ0v) is 11.1. The summed E-state index contributed by atoms with van der Waals surface area (Å²) in [5.41, 5.74) is 3.46. The highest BCUT2D eigenvalue weighted by molar-refractivity contribution is 5.64. The van der Waals surface area contributed by atoms with Gasteiger partial charge in [0.25, 0.3) is 0 Å². The summed E-state index contributed by atoms with van der Waals surface area (Å²) in [4.78, 5) is 2.22. The van der Waals surface area contributed by atoms with Crippen molar-refractivity contribution in [1.82, 2.24) is 5.32 Å². The number of aromatic hydroxyl groups is 1. The molecule has 0 bridgehead atoms. The molecule has 2 aliphatic rings. The third-order valence-corrected chi connectivity index (χ3v) is 4.33. The SMILES string of the molecule is CN1CCc2c1ccc(CC1CCCCN1)c2O. The van der Waals surface area contributed by atoms with Gasteiger partial charge in [0.1, 0.15) is 5.75 Å². The van der Waals surface area contributed by atoms with Crippen molar-refractivity contribution >= 4 is 5.69 Å². The maximum absolute atomic E-state index is 10.4. The smallest absolute Gasteiger partial charge is 0.124 e. The molecule has 1 unspecified atom stereocenters. The molecule has 3 nitrogen and oxygen atoms in total. The molecule has 2 N–H and O–H groups in total. The van der Waals surface area contributed by atoms with E-state index in [1.165, 1.54) is 24.9 Å². The molecule has 1 aromatic carbocycles. The lowest BCUT2D eigenvalue weighted by molar-refractivity contribution is 0.391. The number of hydrogen-bond acceptors (Lipinski definition) is 3. The highest BCUT2D eigenvalue weighted by atomic mass is 16.3. The first-order chi connectivity index (χ1) is 8.75. The summed E-state index contributed by atoms with van der Waals surface area (Å²) in [7, 11) is 2.09. The molecule has 0 saturated carbocycles. The van der Waals surface area contributed by atoms with E-state index in [-0.39, 0.29) is 0 Å². The Bertz CT molecular complexity index is 438. The normalized spacial score (nSPS) is 23.2. The van der Waals surface area contributed by atoms with Crippen LogP contribution in [0.2, 0.25) is 0 Å². The fraction of sp³-hybridized carbons (Fsp3) is 0.600. The Morgan fingerprint density at radius 2 is 2.28 bits per heavy atom. The van der Waals surface area contributed by atoms with Crippen LogP contribution in [0.25, 0.3) is 0 Å². The van der Waals surface area contributed by atoms with E-state index in [4.69, 9.17) is 0 Å². The predicted octanol–water partition coefficient (Wildman–Crippen LogP) is 2.07. The molecule has 18 heavy (non-hydrogen) atoms. The van der Waals surface area contributed by atoms with E-state index in [1.54, 1.807) is 0 Å². The summed E-state index contributed by atoms with van der Waals surface area (Å²) >= 11 is 0. The van der Waals surface area contributed by atoms with E-state index in [1.807, 2.05) is 0 Å². The van der Waals surface area contributed by atoms with E-state index in [0.29, 0.717) is 11.8 Å². The molecule has 0 aliphatic carbocycles. The van der Waals surface area contributed by atoms with Crippen LogP contribution in [0.4, 0.5) is 5.69 Å². The average Bonchev–Trinajstić information content (AvgIpc) is 2.77. The molecule has 0 radical (unpaired) electrons. The van der Waals surface area contributed by atoms with Crippen molar-refractivity contribution in [3.8, 4) is 5.75 Å². The molecule has 2 heterocycles. The van der Waals surface area contributed by atoms with Gasteiger partial charge in [-0.15, -0.1) is 0 Å². The lowest BCUT2D eigenvalue weighted by Crippen LogP contribution is -2.35. The van der Waals surface area contributed by atoms with E-state index in [9.17, 15) is 5.11 Å². The van der Waals surface area contributed by atoms with Gasteiger partial charge >= 0.3 is 0 Å². The highest BCUT2D eigenvalue weighted by Crippen LogP contribution is 2.36. The summed E-state index contributed by atoms with van der Waals surface area (Å²) in [6.07, 6.45) is 5.77. The Kier molecular flexibility index (Phi) is 3.16. The van der Waals surface area contributed by atoms with Crippen LogP contribution in [0.3, 0.4) is 0 Å². The summed E-state index contributed by atoms with van der Waals surface area (Å²) < 4.78 is 0. The maximum atomic E-state index is 10.4. The molecule has 0 spiro atoms. The number of nitrogens with zero attached hydrogens (tertiary/aromatic N) is 1. The van der Waals surface area contributed by atoms with Crippen molar-refractivity contribution in [2.45, 2.75) is 38.1 Å². The number of rotatable bonds is 2. The predicted molar refractivity (Wildman–Crippen MR) is 74.4 cm³/mol. The van der Waals surface area contributed by atoms with Crippen LogP contribution in [-0.4, -0.2) is 31.3 Å². The molecule has 1 fully saturated rings. The van der Waals surface area contributed by atoms with Crippen LogP contribution in [0.5, 0.6) is 5.75 Å². The quantitative estimate of drug-likeness (QED) is 0.838. The van der Waals surface area contributed by atoms with Crippen LogP contribution >= 0.6 is 0 Å². The van der Waals surface area contributed by atoms with Gasteiger partial charge in [-0.2, -0.15) is 0 Å². The molecular formula is C15H22N2O. The molecule has 0 amide bonds. The summed E-state index contributed by atoms with van der Waals surface area (Å²) in [5, 5.41) is 14.0.